The lowest BCUT2D eigenvalue weighted by Gasteiger charge is -2.32. The SMILES string of the molecule is CC.CC(C)(C)OC(=O)CNNC(=O)C(NC(=O)C(NC(=O)c1ccc(N)c(Cl)c1)C(C)(C)C)c1ccccc1. The average Bonchev–Trinajstić information content (AvgIpc) is 2.87. The third kappa shape index (κ3) is 11.2. The summed E-state index contributed by atoms with van der Waals surface area (Å²) in [7, 11) is 0. The molecule has 0 aliphatic heterocycles. The van der Waals surface area contributed by atoms with E-state index in [1.807, 2.05) is 13.8 Å². The Hall–Kier alpha value is -3.63. The molecule has 0 aliphatic carbocycles. The van der Waals surface area contributed by atoms with E-state index >= 15 is 0 Å². The third-order valence-corrected chi connectivity index (χ3v) is 5.54. The maximum absolute atomic E-state index is 13.5. The van der Waals surface area contributed by atoms with Crippen molar-refractivity contribution in [3.05, 3.63) is 64.7 Å². The average molecular weight is 576 g/mol. The van der Waals surface area contributed by atoms with Crippen LogP contribution in [0.4, 0.5) is 5.69 Å². The van der Waals surface area contributed by atoms with Gasteiger partial charge in [0.05, 0.1) is 10.7 Å². The van der Waals surface area contributed by atoms with Gasteiger partial charge in [-0.2, -0.15) is 0 Å². The first-order chi connectivity index (χ1) is 18.6. The van der Waals surface area contributed by atoms with E-state index in [0.717, 1.165) is 0 Å². The minimum Gasteiger partial charge on any atom is -0.459 e. The van der Waals surface area contributed by atoms with Gasteiger partial charge in [0.1, 0.15) is 24.2 Å². The number of carbonyl (C=O) groups excluding carboxylic acids is 4. The Morgan fingerprint density at radius 3 is 2.02 bits per heavy atom. The summed E-state index contributed by atoms with van der Waals surface area (Å²) in [4.78, 5) is 51.4. The van der Waals surface area contributed by atoms with Gasteiger partial charge in [0, 0.05) is 5.56 Å². The number of benzene rings is 2. The second kappa shape index (κ2) is 15.2. The fourth-order valence-electron chi connectivity index (χ4n) is 3.38. The van der Waals surface area contributed by atoms with Gasteiger partial charge in [0.2, 0.25) is 5.91 Å². The Morgan fingerprint density at radius 2 is 1.50 bits per heavy atom. The van der Waals surface area contributed by atoms with Gasteiger partial charge in [-0.1, -0.05) is 76.6 Å². The molecule has 2 rings (SSSR count). The molecule has 10 nitrogen and oxygen atoms in total. The molecule has 6 N–H and O–H groups in total. The summed E-state index contributed by atoms with van der Waals surface area (Å²) in [5, 5.41) is 5.68. The first-order valence-corrected chi connectivity index (χ1v) is 13.4. The van der Waals surface area contributed by atoms with Gasteiger partial charge in [-0.25, -0.2) is 5.43 Å². The highest BCUT2D eigenvalue weighted by Crippen LogP contribution is 2.23. The van der Waals surface area contributed by atoms with Gasteiger partial charge >= 0.3 is 5.97 Å². The van der Waals surface area contributed by atoms with Crippen molar-refractivity contribution in [3.63, 3.8) is 0 Å². The van der Waals surface area contributed by atoms with E-state index in [9.17, 15) is 19.2 Å². The van der Waals surface area contributed by atoms with Gasteiger partial charge < -0.3 is 21.1 Å². The van der Waals surface area contributed by atoms with Gasteiger partial charge in [0.25, 0.3) is 11.8 Å². The third-order valence-electron chi connectivity index (χ3n) is 5.21. The van der Waals surface area contributed by atoms with Crippen LogP contribution in [0.3, 0.4) is 0 Å². The molecule has 0 saturated heterocycles. The number of nitrogen functional groups attached to an aromatic ring is 1. The van der Waals surface area contributed by atoms with Gasteiger partial charge in [-0.15, -0.1) is 0 Å². The summed E-state index contributed by atoms with van der Waals surface area (Å²) in [6, 6.07) is 10.9. The number of hydrazine groups is 1. The number of amides is 3. The Morgan fingerprint density at radius 1 is 0.900 bits per heavy atom. The lowest BCUT2D eigenvalue weighted by Crippen LogP contribution is -2.56. The molecule has 0 aromatic heterocycles. The van der Waals surface area contributed by atoms with Gasteiger partial charge in [-0.3, -0.25) is 24.6 Å². The molecule has 2 unspecified atom stereocenters. The molecular weight excluding hydrogens is 534 g/mol. The van der Waals surface area contributed by atoms with Crippen molar-refractivity contribution in [1.82, 2.24) is 21.5 Å². The summed E-state index contributed by atoms with van der Waals surface area (Å²) >= 11 is 6.05. The summed E-state index contributed by atoms with van der Waals surface area (Å²) in [6.07, 6.45) is 0. The number of hydrogen-bond acceptors (Lipinski definition) is 7. The second-order valence-corrected chi connectivity index (χ2v) is 11.2. The number of rotatable bonds is 9. The number of hydrogen-bond donors (Lipinski definition) is 5. The van der Waals surface area contributed by atoms with Crippen molar-refractivity contribution >= 4 is 41.0 Å². The maximum atomic E-state index is 13.5. The number of esters is 1. The number of nitrogens with one attached hydrogen (secondary N) is 4. The molecule has 0 fully saturated rings. The molecule has 2 aromatic carbocycles. The van der Waals surface area contributed by atoms with Crippen LogP contribution in [0.5, 0.6) is 0 Å². The lowest BCUT2D eigenvalue weighted by atomic mass is 9.85. The van der Waals surface area contributed by atoms with E-state index in [0.29, 0.717) is 11.3 Å². The first-order valence-electron chi connectivity index (χ1n) is 13.0. The maximum Gasteiger partial charge on any atom is 0.322 e. The molecule has 0 bridgehead atoms. The zero-order valence-corrected chi connectivity index (χ0v) is 25.2. The molecule has 2 atom stereocenters. The van der Waals surface area contributed by atoms with Crippen LogP contribution in [0.25, 0.3) is 0 Å². The van der Waals surface area contributed by atoms with Crippen LogP contribution in [-0.2, 0) is 19.1 Å². The molecule has 0 spiro atoms. The fraction of sp³-hybridized carbons (Fsp3) is 0.448. The van der Waals surface area contributed by atoms with E-state index in [4.69, 9.17) is 22.1 Å². The molecule has 0 radical (unpaired) electrons. The van der Waals surface area contributed by atoms with E-state index in [1.165, 1.54) is 18.2 Å². The number of halogens is 1. The molecule has 11 heteroatoms. The second-order valence-electron chi connectivity index (χ2n) is 10.8. The van der Waals surface area contributed by atoms with Crippen molar-refractivity contribution in [2.45, 2.75) is 73.1 Å². The standard InChI is InChI=1S/C27H36ClN5O5.C2H6/c1-26(2,3)22(32-23(35)17-12-13-19(29)18(28)14-17)25(37)31-21(16-10-8-7-9-11-16)24(36)33-30-15-20(34)38-27(4,5)6;1-2/h7-14,21-22,30H,15,29H2,1-6H3,(H,31,37)(H,32,35)(H,33,36);1-2H3. The monoisotopic (exact) mass is 575 g/mol. The van der Waals surface area contributed by atoms with Crippen LogP contribution in [0.15, 0.2) is 48.5 Å². The zero-order chi connectivity index (χ0) is 30.7. The summed E-state index contributed by atoms with van der Waals surface area (Å²) in [5.41, 5.74) is 10.4. The minimum atomic E-state index is -1.12. The van der Waals surface area contributed by atoms with Crippen molar-refractivity contribution in [2.75, 3.05) is 12.3 Å². The quantitative estimate of drug-likeness (QED) is 0.173. The highest BCUT2D eigenvalue weighted by Gasteiger charge is 2.35. The first kappa shape index (κ1) is 34.4. The molecular formula is C29H42ClN5O5. The summed E-state index contributed by atoms with van der Waals surface area (Å²) < 4.78 is 5.21. The van der Waals surface area contributed by atoms with Crippen molar-refractivity contribution in [3.8, 4) is 0 Å². The molecule has 3 amide bonds. The summed E-state index contributed by atoms with van der Waals surface area (Å²) in [5.74, 6) is -2.28. The lowest BCUT2D eigenvalue weighted by molar-refractivity contribution is -0.153. The van der Waals surface area contributed by atoms with Crippen LogP contribution >= 0.6 is 11.6 Å². The van der Waals surface area contributed by atoms with Crippen molar-refractivity contribution in [2.24, 2.45) is 5.41 Å². The number of nitrogens with two attached hydrogens (primary N) is 1. The molecule has 0 aliphatic rings. The number of ether oxygens (including phenoxy) is 1. The van der Waals surface area contributed by atoms with Crippen LogP contribution in [-0.4, -0.2) is 41.9 Å². The highest BCUT2D eigenvalue weighted by molar-refractivity contribution is 6.33. The van der Waals surface area contributed by atoms with Crippen LogP contribution in [0.1, 0.15) is 77.4 Å². The van der Waals surface area contributed by atoms with E-state index in [-0.39, 0.29) is 17.1 Å². The Kier molecular flexibility index (Phi) is 13.1. The topological polar surface area (TPSA) is 152 Å². The highest BCUT2D eigenvalue weighted by atomic mass is 35.5. The normalized spacial score (nSPS) is 12.6. The van der Waals surface area contributed by atoms with Crippen molar-refractivity contribution in [1.29, 1.82) is 0 Å². The van der Waals surface area contributed by atoms with E-state index in [2.05, 4.69) is 21.5 Å². The van der Waals surface area contributed by atoms with Crippen LogP contribution in [0, 0.1) is 5.41 Å². The van der Waals surface area contributed by atoms with E-state index in [1.54, 1.807) is 71.9 Å². The molecule has 40 heavy (non-hydrogen) atoms. The minimum absolute atomic E-state index is 0.217. The number of carbonyl (C=O) groups is 4. The van der Waals surface area contributed by atoms with Crippen molar-refractivity contribution < 1.29 is 23.9 Å². The van der Waals surface area contributed by atoms with E-state index < -0.39 is 46.8 Å². The van der Waals surface area contributed by atoms with Gasteiger partial charge in [-0.05, 0) is 49.9 Å². The van der Waals surface area contributed by atoms with Crippen LogP contribution in [0.2, 0.25) is 5.02 Å². The molecule has 0 saturated carbocycles. The summed E-state index contributed by atoms with van der Waals surface area (Å²) in [6.45, 7) is 14.3. The predicted octanol–water partition coefficient (Wildman–Crippen LogP) is 3.91. The molecule has 0 heterocycles. The van der Waals surface area contributed by atoms with Gasteiger partial charge in [0.15, 0.2) is 0 Å². The molecule has 2 aromatic rings. The fourth-order valence-corrected chi connectivity index (χ4v) is 3.56. The number of anilines is 1. The Balaban J connectivity index is 0.00000391. The molecule has 220 valence electrons. The predicted molar refractivity (Wildman–Crippen MR) is 157 cm³/mol. The van der Waals surface area contributed by atoms with Crippen LogP contribution < -0.4 is 27.2 Å². The largest absolute Gasteiger partial charge is 0.459 e. The smallest absolute Gasteiger partial charge is 0.322 e. The zero-order valence-electron chi connectivity index (χ0n) is 24.5. The Bertz CT molecular complexity index is 1160. The Labute approximate surface area is 241 Å².